The Bertz CT molecular complexity index is 623. The van der Waals surface area contributed by atoms with Gasteiger partial charge in [0.25, 0.3) is 0 Å². The van der Waals surface area contributed by atoms with Crippen molar-refractivity contribution in [3.63, 3.8) is 0 Å². The Morgan fingerprint density at radius 3 is 1.36 bits per heavy atom. The maximum absolute atomic E-state index is 13.6. The van der Waals surface area contributed by atoms with E-state index in [9.17, 15) is 43.9 Å². The van der Waals surface area contributed by atoms with Crippen molar-refractivity contribution in [1.82, 2.24) is 0 Å². The lowest BCUT2D eigenvalue weighted by molar-refractivity contribution is 0.0517. The van der Waals surface area contributed by atoms with Gasteiger partial charge < -0.3 is 0 Å². The molecular weight excluding hydrogens is 334 g/mol. The number of benzene rings is 1. The molecule has 0 fully saturated rings. The minimum absolute atomic E-state index is 2.11. The van der Waals surface area contributed by atoms with Crippen LogP contribution >= 0.6 is 0 Å². The zero-order chi connectivity index (χ0) is 16.9. The molecule has 0 amide bonds. The molecule has 122 valence electrons. The van der Waals surface area contributed by atoms with Crippen molar-refractivity contribution in [2.45, 2.75) is 24.4 Å². The summed E-state index contributed by atoms with van der Waals surface area (Å²) in [5.74, 6) is -21.1. The molecule has 0 aliphatic heterocycles. The van der Waals surface area contributed by atoms with Gasteiger partial charge in [0.15, 0.2) is 41.4 Å². The molecule has 2 rings (SSSR count). The second-order valence-electron chi connectivity index (χ2n) is 4.45. The zero-order valence-electron chi connectivity index (χ0n) is 10.1. The zero-order valence-corrected chi connectivity index (χ0v) is 10.1. The van der Waals surface area contributed by atoms with E-state index in [0.29, 0.717) is 0 Å². The Balaban J connectivity index is 2.76. The molecule has 1 aliphatic carbocycles. The topological polar surface area (TPSA) is 0 Å². The van der Waals surface area contributed by atoms with Crippen LogP contribution in [-0.2, 0) is 0 Å². The summed E-state index contributed by atoms with van der Waals surface area (Å²) in [6.07, 6.45) is -10.1. The first-order chi connectivity index (χ1) is 10.1. The fourth-order valence-corrected chi connectivity index (χ4v) is 2.09. The molecule has 4 atom stereocenters. The van der Waals surface area contributed by atoms with Gasteiger partial charge in [-0.3, -0.25) is 0 Å². The lowest BCUT2D eigenvalue weighted by Crippen LogP contribution is -2.39. The molecule has 10 heteroatoms. The van der Waals surface area contributed by atoms with Crippen molar-refractivity contribution in [3.05, 3.63) is 46.3 Å². The molecular formula is C12H4F10. The van der Waals surface area contributed by atoms with Gasteiger partial charge in [0, 0.05) is 5.56 Å². The summed E-state index contributed by atoms with van der Waals surface area (Å²) >= 11 is 0. The van der Waals surface area contributed by atoms with Crippen molar-refractivity contribution >= 4 is 0 Å². The third kappa shape index (κ3) is 2.15. The van der Waals surface area contributed by atoms with Gasteiger partial charge in [-0.25, -0.2) is 43.9 Å². The predicted octanol–water partition coefficient (Wildman–Crippen LogP) is 4.64. The van der Waals surface area contributed by atoms with Crippen LogP contribution in [0.25, 0.3) is 0 Å². The molecule has 0 aromatic heterocycles. The van der Waals surface area contributed by atoms with Crippen molar-refractivity contribution in [3.8, 4) is 0 Å². The second-order valence-corrected chi connectivity index (χ2v) is 4.45. The van der Waals surface area contributed by atoms with Crippen molar-refractivity contribution in [2.24, 2.45) is 0 Å². The molecule has 22 heavy (non-hydrogen) atoms. The van der Waals surface area contributed by atoms with Gasteiger partial charge in [-0.05, 0) is 0 Å². The van der Waals surface area contributed by atoms with Crippen LogP contribution in [0.4, 0.5) is 43.9 Å². The minimum atomic E-state index is -3.39. The standard InChI is InChI=1S/C12H4F10/c13-3-1(4(14)8(18)11(21)7(3)17)2-5(15)9(19)12(22)10(20)6(2)16/h1,3,7,11H/t1?,3-,7?,11?/m0/s1. The maximum atomic E-state index is 13.6. The van der Waals surface area contributed by atoms with Gasteiger partial charge in [0.1, 0.15) is 12.0 Å². The summed E-state index contributed by atoms with van der Waals surface area (Å²) < 4.78 is 132. The number of hydrogen-bond acceptors (Lipinski definition) is 0. The number of hydrogen-bond donors (Lipinski definition) is 0. The highest BCUT2D eigenvalue weighted by molar-refractivity contribution is 5.37. The SMILES string of the molecule is FC1=C(F)C(c2c(F)c(F)c(F)c(F)c2F)[C@H](F)C(F)C1F. The Morgan fingerprint density at radius 1 is 0.500 bits per heavy atom. The summed E-state index contributed by atoms with van der Waals surface area (Å²) in [6, 6.07) is 0. The van der Waals surface area contributed by atoms with E-state index >= 15 is 0 Å². The molecule has 0 saturated carbocycles. The lowest BCUT2D eigenvalue weighted by Gasteiger charge is -2.30. The normalized spacial score (nSPS) is 29.2. The van der Waals surface area contributed by atoms with E-state index in [1.54, 1.807) is 0 Å². The van der Waals surface area contributed by atoms with Gasteiger partial charge in [-0.15, -0.1) is 0 Å². The molecule has 0 nitrogen and oxygen atoms in total. The molecule has 0 radical (unpaired) electrons. The smallest absolute Gasteiger partial charge is 0.200 e. The van der Waals surface area contributed by atoms with E-state index in [-0.39, 0.29) is 0 Å². The third-order valence-corrected chi connectivity index (χ3v) is 3.20. The van der Waals surface area contributed by atoms with E-state index in [1.807, 2.05) is 0 Å². The van der Waals surface area contributed by atoms with Crippen molar-refractivity contribution in [1.29, 1.82) is 0 Å². The number of allylic oxidation sites excluding steroid dienone is 2. The molecule has 1 aromatic carbocycles. The molecule has 0 saturated heterocycles. The van der Waals surface area contributed by atoms with E-state index in [0.717, 1.165) is 0 Å². The average molecular weight is 338 g/mol. The molecule has 0 bridgehead atoms. The number of alkyl halides is 3. The highest BCUT2D eigenvalue weighted by Gasteiger charge is 2.50. The number of halogens is 10. The summed E-state index contributed by atoms with van der Waals surface area (Å²) in [4.78, 5) is 0. The summed E-state index contributed by atoms with van der Waals surface area (Å²) in [7, 11) is 0. The molecule has 0 N–H and O–H groups in total. The summed E-state index contributed by atoms with van der Waals surface area (Å²) in [5.41, 5.74) is -2.11. The third-order valence-electron chi connectivity index (χ3n) is 3.20. The monoisotopic (exact) mass is 338 g/mol. The van der Waals surface area contributed by atoms with Crippen molar-refractivity contribution < 1.29 is 43.9 Å². The van der Waals surface area contributed by atoms with E-state index in [2.05, 4.69) is 0 Å². The van der Waals surface area contributed by atoms with Gasteiger partial charge in [0.2, 0.25) is 5.82 Å². The molecule has 1 aliphatic rings. The molecule has 1 aromatic rings. The van der Waals surface area contributed by atoms with Crippen molar-refractivity contribution in [2.75, 3.05) is 0 Å². The van der Waals surface area contributed by atoms with E-state index in [4.69, 9.17) is 0 Å². The molecule has 3 unspecified atom stereocenters. The van der Waals surface area contributed by atoms with Gasteiger partial charge in [-0.1, -0.05) is 0 Å². The average Bonchev–Trinajstić information content (AvgIpc) is 2.50. The van der Waals surface area contributed by atoms with Crippen LogP contribution in [0.1, 0.15) is 11.5 Å². The Labute approximate surface area is 116 Å². The fraction of sp³-hybridized carbons (Fsp3) is 0.333. The van der Waals surface area contributed by atoms with Crippen LogP contribution in [0.5, 0.6) is 0 Å². The Hall–Kier alpha value is -1.74. The van der Waals surface area contributed by atoms with Gasteiger partial charge in [-0.2, -0.15) is 0 Å². The first-order valence-corrected chi connectivity index (χ1v) is 5.59. The van der Waals surface area contributed by atoms with E-state index < -0.39 is 70.7 Å². The first-order valence-electron chi connectivity index (χ1n) is 5.59. The van der Waals surface area contributed by atoms with Crippen LogP contribution in [0.3, 0.4) is 0 Å². The largest absolute Gasteiger partial charge is 0.243 e. The van der Waals surface area contributed by atoms with Gasteiger partial charge in [0.05, 0.1) is 5.92 Å². The van der Waals surface area contributed by atoms with E-state index in [1.165, 1.54) is 0 Å². The summed E-state index contributed by atoms with van der Waals surface area (Å²) in [5, 5.41) is 0. The highest BCUT2D eigenvalue weighted by atomic mass is 19.2. The van der Waals surface area contributed by atoms with Crippen LogP contribution in [-0.4, -0.2) is 18.5 Å². The predicted molar refractivity (Wildman–Crippen MR) is 52.9 cm³/mol. The highest BCUT2D eigenvalue weighted by Crippen LogP contribution is 2.45. The Kier molecular flexibility index (Phi) is 4.14. The number of rotatable bonds is 1. The molecule has 0 heterocycles. The van der Waals surface area contributed by atoms with Crippen LogP contribution < -0.4 is 0 Å². The summed E-state index contributed by atoms with van der Waals surface area (Å²) in [6.45, 7) is 0. The van der Waals surface area contributed by atoms with Gasteiger partial charge >= 0.3 is 0 Å². The van der Waals surface area contributed by atoms with Crippen LogP contribution in [0.15, 0.2) is 11.7 Å². The maximum Gasteiger partial charge on any atom is 0.200 e. The lowest BCUT2D eigenvalue weighted by atomic mass is 9.83. The van der Waals surface area contributed by atoms with Crippen LogP contribution in [0, 0.1) is 29.1 Å². The minimum Gasteiger partial charge on any atom is -0.243 e. The molecule has 0 spiro atoms. The quantitative estimate of drug-likeness (QED) is 0.397. The first kappa shape index (κ1) is 16.6. The van der Waals surface area contributed by atoms with Crippen LogP contribution in [0.2, 0.25) is 0 Å². The second kappa shape index (κ2) is 5.47. The fourth-order valence-electron chi connectivity index (χ4n) is 2.09. The Morgan fingerprint density at radius 2 is 0.909 bits per heavy atom.